The maximum Gasteiger partial charge on any atom is -1.00 e. The van der Waals surface area contributed by atoms with Gasteiger partial charge in [-0.3, -0.25) is 0 Å². The van der Waals surface area contributed by atoms with Crippen LogP contribution in [0.4, 0.5) is 0 Å². The van der Waals surface area contributed by atoms with Crippen molar-refractivity contribution in [1.29, 1.82) is 0 Å². The Bertz CT molecular complexity index is 2240. The molecule has 4 aliphatic rings. The maximum absolute atomic E-state index is 2.90. The van der Waals surface area contributed by atoms with Gasteiger partial charge in [-0.1, -0.05) is 0 Å². The van der Waals surface area contributed by atoms with Gasteiger partial charge in [0.2, 0.25) is 0 Å². The number of fused-ring (bicyclic) bond motifs is 5. The van der Waals surface area contributed by atoms with E-state index < -0.39 is 21.3 Å². The van der Waals surface area contributed by atoms with Crippen LogP contribution >= 0.6 is 0 Å². The van der Waals surface area contributed by atoms with Crippen LogP contribution in [0.5, 0.6) is 0 Å². The molecular formula is C49H52Cl2Zr. The number of rotatable bonds is 4. The van der Waals surface area contributed by atoms with E-state index in [-0.39, 0.29) is 41.1 Å². The molecule has 266 valence electrons. The predicted octanol–water partition coefficient (Wildman–Crippen LogP) is 6.77. The van der Waals surface area contributed by atoms with E-state index in [2.05, 4.69) is 173 Å². The van der Waals surface area contributed by atoms with Crippen LogP contribution in [0.3, 0.4) is 0 Å². The summed E-state index contributed by atoms with van der Waals surface area (Å²) in [7, 11) is 0. The molecule has 0 nitrogen and oxygen atoms in total. The van der Waals surface area contributed by atoms with Crippen molar-refractivity contribution in [3.8, 4) is 11.1 Å². The second-order valence-corrected chi connectivity index (χ2v) is 23.2. The van der Waals surface area contributed by atoms with Crippen LogP contribution in [0, 0.1) is 11.3 Å². The van der Waals surface area contributed by atoms with Crippen molar-refractivity contribution < 1.29 is 46.1 Å². The minimum absolute atomic E-state index is 0. The molecule has 4 aromatic rings. The van der Waals surface area contributed by atoms with E-state index in [0.29, 0.717) is 5.92 Å². The van der Waals surface area contributed by atoms with Gasteiger partial charge in [-0.25, -0.2) is 0 Å². The number of allylic oxidation sites excluding steroid dienone is 8. The van der Waals surface area contributed by atoms with Gasteiger partial charge in [0.25, 0.3) is 0 Å². The van der Waals surface area contributed by atoms with Crippen LogP contribution in [-0.4, -0.2) is 3.21 Å². The topological polar surface area (TPSA) is 0 Å². The molecule has 0 aromatic heterocycles. The Morgan fingerprint density at radius 1 is 0.673 bits per heavy atom. The molecule has 0 saturated heterocycles. The van der Waals surface area contributed by atoms with Crippen molar-refractivity contribution in [2.24, 2.45) is 11.3 Å². The van der Waals surface area contributed by atoms with Crippen LogP contribution < -0.4 is 24.8 Å². The van der Waals surface area contributed by atoms with Crippen LogP contribution in [0.15, 0.2) is 115 Å². The minimum Gasteiger partial charge on any atom is -1.00 e. The first kappa shape index (κ1) is 38.9. The molecule has 3 heteroatoms. The average Bonchev–Trinajstić information content (AvgIpc) is 3.70. The Kier molecular flexibility index (Phi) is 10.1. The van der Waals surface area contributed by atoms with Gasteiger partial charge in [0, 0.05) is 0 Å². The summed E-state index contributed by atoms with van der Waals surface area (Å²) >= 11 is -2.90. The Balaban J connectivity index is 0.00000232. The van der Waals surface area contributed by atoms with E-state index >= 15 is 0 Å². The fourth-order valence-corrected chi connectivity index (χ4v) is 20.0. The Labute approximate surface area is 333 Å². The van der Waals surface area contributed by atoms with Crippen LogP contribution in [0.1, 0.15) is 121 Å². The molecule has 0 bridgehead atoms. The second kappa shape index (κ2) is 13.5. The van der Waals surface area contributed by atoms with Gasteiger partial charge in [0.15, 0.2) is 0 Å². The molecule has 0 spiro atoms. The fourth-order valence-electron chi connectivity index (χ4n) is 10.1. The van der Waals surface area contributed by atoms with Crippen molar-refractivity contribution in [2.45, 2.75) is 93.4 Å². The molecule has 52 heavy (non-hydrogen) atoms. The first-order chi connectivity index (χ1) is 23.6. The first-order valence-electron chi connectivity index (χ1n) is 18.7. The van der Waals surface area contributed by atoms with Crippen molar-refractivity contribution in [3.05, 3.63) is 159 Å². The van der Waals surface area contributed by atoms with Crippen molar-refractivity contribution in [3.63, 3.8) is 0 Å². The second-order valence-electron chi connectivity index (χ2n) is 17.6. The zero-order valence-electron chi connectivity index (χ0n) is 32.8. The summed E-state index contributed by atoms with van der Waals surface area (Å²) in [5.41, 5.74) is 20.9. The van der Waals surface area contributed by atoms with E-state index in [9.17, 15) is 0 Å². The van der Waals surface area contributed by atoms with Crippen molar-refractivity contribution in [2.75, 3.05) is 0 Å². The molecule has 4 aromatic carbocycles. The molecule has 0 saturated carbocycles. The summed E-state index contributed by atoms with van der Waals surface area (Å²) in [6.45, 7) is 26.7. The van der Waals surface area contributed by atoms with Gasteiger partial charge in [-0.15, -0.1) is 0 Å². The van der Waals surface area contributed by atoms with E-state index in [1.165, 1.54) is 66.8 Å². The van der Waals surface area contributed by atoms with Gasteiger partial charge in [0.05, 0.1) is 0 Å². The molecule has 0 heterocycles. The van der Waals surface area contributed by atoms with Crippen molar-refractivity contribution >= 4 is 14.4 Å². The molecule has 0 N–H and O–H groups in total. The van der Waals surface area contributed by atoms with Crippen LogP contribution in [-0.2, 0) is 38.5 Å². The fraction of sp³-hybridized carbons (Fsp3) is 0.327. The van der Waals surface area contributed by atoms with Crippen LogP contribution in [0.2, 0.25) is 0 Å². The number of benzene rings is 4. The van der Waals surface area contributed by atoms with Crippen molar-refractivity contribution in [1.82, 2.24) is 0 Å². The molecule has 8 rings (SSSR count). The Hall–Kier alpha value is -2.83. The van der Waals surface area contributed by atoms with E-state index in [4.69, 9.17) is 0 Å². The van der Waals surface area contributed by atoms with E-state index in [1.54, 1.807) is 20.9 Å². The van der Waals surface area contributed by atoms with Gasteiger partial charge in [0.1, 0.15) is 0 Å². The monoisotopic (exact) mass is 800 g/mol. The maximum atomic E-state index is 2.63. The Morgan fingerprint density at radius 2 is 1.19 bits per heavy atom. The van der Waals surface area contributed by atoms with Gasteiger partial charge in [-0.05, 0) is 0 Å². The van der Waals surface area contributed by atoms with Gasteiger partial charge < -0.3 is 24.8 Å². The van der Waals surface area contributed by atoms with E-state index in [1.807, 2.05) is 0 Å². The van der Waals surface area contributed by atoms with Gasteiger partial charge in [-0.2, -0.15) is 0 Å². The predicted molar refractivity (Wildman–Crippen MR) is 212 cm³/mol. The summed E-state index contributed by atoms with van der Waals surface area (Å²) in [4.78, 5) is 0. The summed E-state index contributed by atoms with van der Waals surface area (Å²) in [5, 5.41) is 0. The SMILES string of the molecule is CC1=CC(C)(C)c2cc3c(cc21)-c1cc2c(cc1C3)C(C)(C)[C]([Zr+2]([C]1=C(C)C(C(C)(C)C)=CC1C)=[C](c1ccccc1)c1ccccc1)=C2C.[Cl-].[Cl-]. The average molecular weight is 803 g/mol. The Morgan fingerprint density at radius 3 is 1.71 bits per heavy atom. The zero-order chi connectivity index (χ0) is 35.5. The third-order valence-electron chi connectivity index (χ3n) is 12.3. The summed E-state index contributed by atoms with van der Waals surface area (Å²) in [6.07, 6.45) is 6.10. The zero-order valence-corrected chi connectivity index (χ0v) is 36.7. The molecule has 0 aliphatic heterocycles. The summed E-state index contributed by atoms with van der Waals surface area (Å²) in [6, 6.07) is 33.1. The largest absolute Gasteiger partial charge is 1.00 e. The number of hydrogen-bond donors (Lipinski definition) is 0. The normalized spacial score (nSPS) is 18.7. The standard InChI is InChI=1S/C25H25.C13H10.C11H17.2ClH.Zr/c1-14-12-24(3,4)22-8-16-7-17-9-23-19(15(2)13-25(23,5)6)11-21(17)20(16)10-18(14)22;1-3-7-12(8-4-1)11-13-9-5-2-6-10-13;1-8-6-9(2)10(7-8)11(3,4)5;;;/h8-12H,7H2,1-6H3;1-10H;7-8H,1-5H3;2*1H;/q;;;;;+2/p-2. The summed E-state index contributed by atoms with van der Waals surface area (Å²) < 4.78 is 5.13. The quantitative estimate of drug-likeness (QED) is 0.189. The third-order valence-corrected chi connectivity index (χ3v) is 22.0. The number of halogens is 2. The molecule has 1 unspecified atom stereocenters. The number of hydrogen-bond acceptors (Lipinski definition) is 0. The van der Waals surface area contributed by atoms with Crippen LogP contribution in [0.25, 0.3) is 22.3 Å². The third kappa shape index (κ3) is 5.94. The smallest absolute Gasteiger partial charge is 1.00 e. The molecule has 4 aliphatic carbocycles. The van der Waals surface area contributed by atoms with E-state index in [0.717, 1.165) is 6.42 Å². The summed E-state index contributed by atoms with van der Waals surface area (Å²) in [5.74, 6) is 0.431. The molecule has 0 radical (unpaired) electrons. The minimum atomic E-state index is -2.90. The first-order valence-corrected chi connectivity index (χ1v) is 22.3. The molecular weight excluding hydrogens is 751 g/mol. The molecule has 0 amide bonds. The molecule has 0 fully saturated rings. The molecule has 1 atom stereocenters. The van der Waals surface area contributed by atoms with Gasteiger partial charge >= 0.3 is 311 Å².